The normalized spacial score (nSPS) is 9.83. The van der Waals surface area contributed by atoms with Crippen LogP contribution >= 0.6 is 0 Å². The maximum atomic E-state index is 11.3. The van der Waals surface area contributed by atoms with Crippen molar-refractivity contribution in [3.05, 3.63) is 35.9 Å². The molecular formula is C13H19N3O2. The molecule has 0 aliphatic carbocycles. The van der Waals surface area contributed by atoms with Gasteiger partial charge in [0.15, 0.2) is 0 Å². The molecule has 0 unspecified atom stereocenters. The van der Waals surface area contributed by atoms with E-state index in [1.54, 1.807) is 0 Å². The molecule has 5 heteroatoms. The molecule has 98 valence electrons. The molecule has 2 amide bonds. The summed E-state index contributed by atoms with van der Waals surface area (Å²) in [7, 11) is 0. The van der Waals surface area contributed by atoms with E-state index in [0.717, 1.165) is 12.8 Å². The second-order valence-electron chi connectivity index (χ2n) is 3.89. The highest BCUT2D eigenvalue weighted by Gasteiger charge is 2.10. The molecule has 0 radical (unpaired) electrons. The summed E-state index contributed by atoms with van der Waals surface area (Å²) in [6.45, 7) is 1.13. The van der Waals surface area contributed by atoms with Crippen molar-refractivity contribution in [2.24, 2.45) is 5.73 Å². The summed E-state index contributed by atoms with van der Waals surface area (Å²) >= 11 is 0. The van der Waals surface area contributed by atoms with E-state index < -0.39 is 11.8 Å². The Kier molecular flexibility index (Phi) is 6.50. The first-order valence-corrected chi connectivity index (χ1v) is 6.04. The van der Waals surface area contributed by atoms with Crippen molar-refractivity contribution < 1.29 is 9.59 Å². The molecule has 0 spiro atoms. The largest absolute Gasteiger partial charge is 0.348 e. The number of hydrogen-bond acceptors (Lipinski definition) is 3. The summed E-state index contributed by atoms with van der Waals surface area (Å²) in [6, 6.07) is 10.0. The Morgan fingerprint density at radius 2 is 1.61 bits per heavy atom. The van der Waals surface area contributed by atoms with Crippen LogP contribution in [-0.2, 0) is 16.0 Å². The molecule has 18 heavy (non-hydrogen) atoms. The molecule has 0 atom stereocenters. The van der Waals surface area contributed by atoms with Crippen LogP contribution in [0.4, 0.5) is 0 Å². The molecular weight excluding hydrogens is 230 g/mol. The molecule has 0 aliphatic heterocycles. The highest BCUT2D eigenvalue weighted by Crippen LogP contribution is 2.01. The minimum atomic E-state index is -0.625. The fourth-order valence-electron chi connectivity index (χ4n) is 1.49. The Bertz CT molecular complexity index is 379. The van der Waals surface area contributed by atoms with E-state index in [0.29, 0.717) is 19.6 Å². The van der Waals surface area contributed by atoms with Gasteiger partial charge in [0.25, 0.3) is 0 Å². The van der Waals surface area contributed by atoms with E-state index in [9.17, 15) is 9.59 Å². The van der Waals surface area contributed by atoms with Crippen molar-refractivity contribution >= 4 is 11.8 Å². The van der Waals surface area contributed by atoms with Crippen LogP contribution in [0.1, 0.15) is 12.0 Å². The number of carbonyl (C=O) groups is 2. The van der Waals surface area contributed by atoms with Gasteiger partial charge in [-0.05, 0) is 18.4 Å². The van der Waals surface area contributed by atoms with E-state index >= 15 is 0 Å². The highest BCUT2D eigenvalue weighted by molar-refractivity contribution is 6.35. The van der Waals surface area contributed by atoms with E-state index in [1.807, 2.05) is 30.3 Å². The van der Waals surface area contributed by atoms with Gasteiger partial charge in [-0.15, -0.1) is 0 Å². The lowest BCUT2D eigenvalue weighted by Gasteiger charge is -2.05. The van der Waals surface area contributed by atoms with Crippen LogP contribution in [0, 0.1) is 0 Å². The maximum Gasteiger partial charge on any atom is 0.309 e. The van der Waals surface area contributed by atoms with Crippen LogP contribution in [0.2, 0.25) is 0 Å². The molecule has 0 fully saturated rings. The summed E-state index contributed by atoms with van der Waals surface area (Å²) in [4.78, 5) is 22.5. The third kappa shape index (κ3) is 5.45. The first-order chi connectivity index (χ1) is 8.74. The average Bonchev–Trinajstić information content (AvgIpc) is 2.41. The number of amides is 2. The number of hydrogen-bond donors (Lipinski definition) is 3. The quantitative estimate of drug-likeness (QED) is 0.482. The predicted octanol–water partition coefficient (Wildman–Crippen LogP) is -0.190. The van der Waals surface area contributed by atoms with Crippen molar-refractivity contribution in [3.8, 4) is 0 Å². The maximum absolute atomic E-state index is 11.3. The van der Waals surface area contributed by atoms with Crippen molar-refractivity contribution in [2.45, 2.75) is 12.8 Å². The first kappa shape index (κ1) is 14.2. The number of nitrogens with one attached hydrogen (secondary N) is 2. The second kappa shape index (κ2) is 8.25. The lowest BCUT2D eigenvalue weighted by molar-refractivity contribution is -0.139. The molecule has 1 rings (SSSR count). The standard InChI is InChI=1S/C13H19N3O2/c14-8-10-16-13(18)12(17)15-9-4-7-11-5-2-1-3-6-11/h1-3,5-6H,4,7-10,14H2,(H,15,17)(H,16,18). The van der Waals surface area contributed by atoms with Crippen LogP contribution in [-0.4, -0.2) is 31.4 Å². The monoisotopic (exact) mass is 249 g/mol. The Morgan fingerprint density at radius 1 is 1.00 bits per heavy atom. The third-order valence-electron chi connectivity index (χ3n) is 2.41. The zero-order valence-corrected chi connectivity index (χ0v) is 10.3. The molecule has 0 saturated carbocycles. The molecule has 1 aromatic rings. The highest BCUT2D eigenvalue weighted by atomic mass is 16.2. The van der Waals surface area contributed by atoms with Gasteiger partial charge < -0.3 is 16.4 Å². The summed E-state index contributed by atoms with van der Waals surface area (Å²) in [5.41, 5.74) is 6.44. The van der Waals surface area contributed by atoms with E-state index in [1.165, 1.54) is 5.56 Å². The molecule has 0 saturated heterocycles. The smallest absolute Gasteiger partial charge is 0.309 e. The van der Waals surface area contributed by atoms with Gasteiger partial charge in [-0.25, -0.2) is 0 Å². The Balaban J connectivity index is 2.14. The summed E-state index contributed by atoms with van der Waals surface area (Å²) in [5.74, 6) is -1.23. The summed E-state index contributed by atoms with van der Waals surface area (Å²) < 4.78 is 0. The van der Waals surface area contributed by atoms with Gasteiger partial charge in [0.2, 0.25) is 0 Å². The van der Waals surface area contributed by atoms with Crippen LogP contribution in [0.15, 0.2) is 30.3 Å². The van der Waals surface area contributed by atoms with Crippen molar-refractivity contribution in [1.29, 1.82) is 0 Å². The number of aryl methyl sites for hydroxylation is 1. The van der Waals surface area contributed by atoms with Crippen LogP contribution in [0.25, 0.3) is 0 Å². The second-order valence-corrected chi connectivity index (χ2v) is 3.89. The predicted molar refractivity (Wildman–Crippen MR) is 69.8 cm³/mol. The minimum Gasteiger partial charge on any atom is -0.348 e. The van der Waals surface area contributed by atoms with E-state index in [4.69, 9.17) is 5.73 Å². The van der Waals surface area contributed by atoms with E-state index in [-0.39, 0.29) is 0 Å². The van der Waals surface area contributed by atoms with Crippen molar-refractivity contribution in [2.75, 3.05) is 19.6 Å². The van der Waals surface area contributed by atoms with Gasteiger partial charge in [0.1, 0.15) is 0 Å². The van der Waals surface area contributed by atoms with Gasteiger partial charge in [0.05, 0.1) is 0 Å². The summed E-state index contributed by atoms with van der Waals surface area (Å²) in [5, 5.41) is 4.98. The minimum absolute atomic E-state index is 0.316. The lowest BCUT2D eigenvalue weighted by atomic mass is 10.1. The molecule has 0 aliphatic rings. The van der Waals surface area contributed by atoms with Crippen molar-refractivity contribution in [3.63, 3.8) is 0 Å². The van der Waals surface area contributed by atoms with Crippen molar-refractivity contribution in [1.82, 2.24) is 10.6 Å². The van der Waals surface area contributed by atoms with Gasteiger partial charge in [-0.3, -0.25) is 9.59 Å². The Labute approximate surface area is 107 Å². The van der Waals surface area contributed by atoms with Crippen LogP contribution in [0.3, 0.4) is 0 Å². The number of rotatable bonds is 6. The van der Waals surface area contributed by atoms with Crippen LogP contribution < -0.4 is 16.4 Å². The average molecular weight is 249 g/mol. The molecule has 0 bridgehead atoms. The zero-order chi connectivity index (χ0) is 13.2. The molecule has 0 aromatic heterocycles. The SMILES string of the molecule is NCCNC(=O)C(=O)NCCCc1ccccc1. The fourth-order valence-corrected chi connectivity index (χ4v) is 1.49. The molecule has 1 aromatic carbocycles. The first-order valence-electron chi connectivity index (χ1n) is 6.04. The zero-order valence-electron chi connectivity index (χ0n) is 10.3. The Hall–Kier alpha value is -1.88. The third-order valence-corrected chi connectivity index (χ3v) is 2.41. The molecule has 0 heterocycles. The topological polar surface area (TPSA) is 84.2 Å². The molecule has 4 N–H and O–H groups in total. The fraction of sp³-hybridized carbons (Fsp3) is 0.385. The molecule has 5 nitrogen and oxygen atoms in total. The van der Waals surface area contributed by atoms with E-state index in [2.05, 4.69) is 10.6 Å². The number of benzene rings is 1. The lowest BCUT2D eigenvalue weighted by Crippen LogP contribution is -2.42. The van der Waals surface area contributed by atoms with Gasteiger partial charge in [-0.2, -0.15) is 0 Å². The van der Waals surface area contributed by atoms with Gasteiger partial charge in [0, 0.05) is 19.6 Å². The number of nitrogens with two attached hydrogens (primary N) is 1. The van der Waals surface area contributed by atoms with Crippen LogP contribution in [0.5, 0.6) is 0 Å². The van der Waals surface area contributed by atoms with Gasteiger partial charge >= 0.3 is 11.8 Å². The number of carbonyl (C=O) groups excluding carboxylic acids is 2. The van der Waals surface area contributed by atoms with Gasteiger partial charge in [-0.1, -0.05) is 30.3 Å². The summed E-state index contributed by atoms with van der Waals surface area (Å²) in [6.07, 6.45) is 1.69. The Morgan fingerprint density at radius 3 is 2.22 bits per heavy atom.